The topological polar surface area (TPSA) is 37.3 Å². The summed E-state index contributed by atoms with van der Waals surface area (Å²) in [5.74, 6) is 0. The summed E-state index contributed by atoms with van der Waals surface area (Å²) < 4.78 is 8.57. The Labute approximate surface area is 40.5 Å². The second-order valence-corrected chi connectivity index (χ2v) is 0.316. The van der Waals surface area contributed by atoms with Gasteiger partial charge >= 0.3 is 0 Å². The fourth-order valence-electron chi connectivity index (χ4n) is 0. The van der Waals surface area contributed by atoms with Crippen LogP contribution >= 0.6 is 8.69 Å². The van der Waals surface area contributed by atoms with E-state index in [0.717, 1.165) is 0 Å². The van der Waals surface area contributed by atoms with Crippen molar-refractivity contribution in [2.45, 2.75) is 21.3 Å². The van der Waals surface area contributed by atoms with E-state index in [9.17, 15) is 0 Å². The van der Waals surface area contributed by atoms with Gasteiger partial charge in [0.1, 0.15) is 0 Å². The van der Waals surface area contributed by atoms with Gasteiger partial charge in [-0.15, -0.1) is 0 Å². The molecule has 0 rings (SSSR count). The van der Waals surface area contributed by atoms with Crippen molar-refractivity contribution < 1.29 is 9.46 Å². The van der Waals surface area contributed by atoms with Crippen LogP contribution in [0.2, 0.25) is 0 Å². The van der Waals surface area contributed by atoms with Gasteiger partial charge in [-0.1, -0.05) is 21.3 Å². The minimum Gasteiger partial charge on any atom is -0.348 e. The van der Waals surface area contributed by atoms with E-state index in [0.29, 0.717) is 0 Å². The van der Waals surface area contributed by atoms with Gasteiger partial charge in [0.15, 0.2) is 8.69 Å². The van der Waals surface area contributed by atoms with Crippen LogP contribution in [-0.4, -0.2) is 4.89 Å². The lowest BCUT2D eigenvalue weighted by Gasteiger charge is -1.33. The van der Waals surface area contributed by atoms with Crippen LogP contribution in [-0.2, 0) is 4.57 Å². The first-order valence-corrected chi connectivity index (χ1v) is 2.48. The van der Waals surface area contributed by atoms with Gasteiger partial charge in [0.25, 0.3) is 0 Å². The van der Waals surface area contributed by atoms with Gasteiger partial charge in [0.2, 0.25) is 0 Å². The lowest BCUT2D eigenvalue weighted by molar-refractivity contribution is 0.524. The molecule has 6 heavy (non-hydrogen) atoms. The fourth-order valence-corrected chi connectivity index (χ4v) is 0. The van der Waals surface area contributed by atoms with Gasteiger partial charge in [-0.3, -0.25) is 4.57 Å². The Bertz CT molecular complexity index is 16.3. The van der Waals surface area contributed by atoms with Crippen molar-refractivity contribution >= 4 is 8.69 Å². The first-order chi connectivity index (χ1) is 2.41. The quantitative estimate of drug-likeness (QED) is 0.480. The molecule has 0 aliphatic rings. The molecule has 1 N–H and O–H groups in total. The molecule has 0 bridgehead atoms. The molecule has 0 radical (unpaired) electrons. The zero-order chi connectivity index (χ0) is 4.71. The molecular formula is C3H13O2P. The Hall–Kier alpha value is 0.190. The Balaban J connectivity index is -0.0000000275. The molecule has 0 saturated carbocycles. The summed E-state index contributed by atoms with van der Waals surface area (Å²) in [6.07, 6.45) is 0. The van der Waals surface area contributed by atoms with Gasteiger partial charge in [0.05, 0.1) is 0 Å². The van der Waals surface area contributed by atoms with E-state index in [-0.39, 0.29) is 7.43 Å². The van der Waals surface area contributed by atoms with Gasteiger partial charge in [-0.2, -0.15) is 0 Å². The average Bonchev–Trinajstić information content (AvgIpc) is 1.46. The van der Waals surface area contributed by atoms with E-state index < -0.39 is 8.69 Å². The normalized spacial score (nSPS) is 5.83. The first kappa shape index (κ1) is 16.4. The van der Waals surface area contributed by atoms with E-state index in [2.05, 4.69) is 0 Å². The van der Waals surface area contributed by atoms with Crippen molar-refractivity contribution in [3.05, 3.63) is 0 Å². The average molecular weight is 112 g/mol. The Kier molecular flexibility index (Phi) is 176. The summed E-state index contributed by atoms with van der Waals surface area (Å²) >= 11 is 0. The van der Waals surface area contributed by atoms with Gasteiger partial charge < -0.3 is 4.89 Å². The van der Waals surface area contributed by atoms with Crippen LogP contribution in [0.4, 0.5) is 0 Å². The molecule has 0 amide bonds. The zero-order valence-electron chi connectivity index (χ0n) is 3.43. The lowest BCUT2D eigenvalue weighted by atomic mass is 11.0. The number of rotatable bonds is 0. The molecule has 0 fully saturated rings. The highest BCUT2D eigenvalue weighted by Gasteiger charge is 1.17. The minimum absolute atomic E-state index is 0. The van der Waals surface area contributed by atoms with Crippen LogP contribution in [0.1, 0.15) is 21.3 Å². The molecule has 42 valence electrons. The first-order valence-electron chi connectivity index (χ1n) is 1.49. The predicted octanol–water partition coefficient (Wildman–Crippen LogP) is 1.31. The van der Waals surface area contributed by atoms with Crippen LogP contribution in [0.3, 0.4) is 0 Å². The molecule has 0 heterocycles. The van der Waals surface area contributed by atoms with Crippen LogP contribution in [0.5, 0.6) is 0 Å². The van der Waals surface area contributed by atoms with Crippen molar-refractivity contribution in [1.29, 1.82) is 0 Å². The van der Waals surface area contributed by atoms with Crippen LogP contribution in [0, 0.1) is 0 Å². The summed E-state index contributed by atoms with van der Waals surface area (Å²) in [5, 5.41) is 0. The Morgan fingerprint density at radius 3 is 1.50 bits per heavy atom. The predicted molar refractivity (Wildman–Crippen MR) is 30.7 cm³/mol. The van der Waals surface area contributed by atoms with Crippen molar-refractivity contribution in [3.8, 4) is 0 Å². The molecule has 1 atom stereocenters. The van der Waals surface area contributed by atoms with Gasteiger partial charge in [0, 0.05) is 0 Å². The summed E-state index contributed by atoms with van der Waals surface area (Å²) in [6.45, 7) is 4.00. The molecule has 0 aromatic carbocycles. The second kappa shape index (κ2) is 64.3. The number of hydrogen-bond acceptors (Lipinski definition) is 1. The monoisotopic (exact) mass is 112 g/mol. The van der Waals surface area contributed by atoms with Crippen molar-refractivity contribution in [1.82, 2.24) is 0 Å². The van der Waals surface area contributed by atoms with E-state index in [1.807, 2.05) is 13.8 Å². The highest BCUT2D eigenvalue weighted by Crippen LogP contribution is 1.66. The third kappa shape index (κ3) is 1180. The fraction of sp³-hybridized carbons (Fsp3) is 1.00. The molecule has 0 aliphatic heterocycles. The molecule has 2 nitrogen and oxygen atoms in total. The van der Waals surface area contributed by atoms with E-state index in [1.165, 1.54) is 0 Å². The van der Waals surface area contributed by atoms with Crippen LogP contribution in [0.25, 0.3) is 0 Å². The molecule has 0 saturated heterocycles. The van der Waals surface area contributed by atoms with E-state index >= 15 is 0 Å². The van der Waals surface area contributed by atoms with Crippen molar-refractivity contribution in [2.24, 2.45) is 0 Å². The molecule has 0 aromatic rings. The zero-order valence-corrected chi connectivity index (χ0v) is 4.59. The summed E-state index contributed by atoms with van der Waals surface area (Å²) in [6, 6.07) is 0. The molecule has 0 aromatic heterocycles. The maximum Gasteiger partial charge on any atom is 0.177 e. The van der Waals surface area contributed by atoms with Crippen molar-refractivity contribution in [2.75, 3.05) is 0 Å². The second-order valence-electron chi connectivity index (χ2n) is 0.105. The standard InChI is InChI=1S/C2H6.CH4.H3O2P/c1-2;;1-3-2/h1-2H3;1H4;3H2,(H,1,2). The SMILES string of the molecule is C.CC.O=[PH2]O. The van der Waals surface area contributed by atoms with E-state index in [1.54, 1.807) is 0 Å². The highest BCUT2D eigenvalue weighted by molar-refractivity contribution is 7.16. The Morgan fingerprint density at radius 1 is 1.50 bits per heavy atom. The molecule has 0 aliphatic carbocycles. The molecule has 0 spiro atoms. The van der Waals surface area contributed by atoms with Gasteiger partial charge in [-0.05, 0) is 0 Å². The third-order valence-corrected chi connectivity index (χ3v) is 0. The third-order valence-electron chi connectivity index (χ3n) is 0. The summed E-state index contributed by atoms with van der Waals surface area (Å²) in [4.78, 5) is 7.10. The van der Waals surface area contributed by atoms with Crippen molar-refractivity contribution in [3.63, 3.8) is 0 Å². The maximum absolute atomic E-state index is 8.57. The largest absolute Gasteiger partial charge is 0.348 e. The lowest BCUT2D eigenvalue weighted by Crippen LogP contribution is -1.03. The summed E-state index contributed by atoms with van der Waals surface area (Å²) in [7, 11) is -1.50. The van der Waals surface area contributed by atoms with Gasteiger partial charge in [-0.25, -0.2) is 0 Å². The number of hydrogen-bond donors (Lipinski definition) is 1. The van der Waals surface area contributed by atoms with Crippen LogP contribution < -0.4 is 0 Å². The molecule has 1 unspecified atom stereocenters. The van der Waals surface area contributed by atoms with E-state index in [4.69, 9.17) is 9.46 Å². The highest BCUT2D eigenvalue weighted by atomic mass is 31.1. The van der Waals surface area contributed by atoms with Crippen LogP contribution in [0.15, 0.2) is 0 Å². The maximum atomic E-state index is 8.57. The Morgan fingerprint density at radius 2 is 1.50 bits per heavy atom. The molecular weight excluding hydrogens is 99.0 g/mol. The smallest absolute Gasteiger partial charge is 0.177 e. The summed E-state index contributed by atoms with van der Waals surface area (Å²) in [5.41, 5.74) is 0. The minimum atomic E-state index is -1.50. The molecule has 3 heteroatoms.